The van der Waals surface area contributed by atoms with E-state index in [1.807, 2.05) is 52.9 Å². The van der Waals surface area contributed by atoms with Crippen LogP contribution in [0.5, 0.6) is 0 Å². The smallest absolute Gasteiger partial charge is 0.187 e. The summed E-state index contributed by atoms with van der Waals surface area (Å²) in [4.78, 5) is 6.16. The molecule has 1 aliphatic heterocycles. The van der Waals surface area contributed by atoms with Gasteiger partial charge in [-0.25, -0.2) is 4.39 Å². The number of fused-ring (bicyclic) bond motifs is 3. The summed E-state index contributed by atoms with van der Waals surface area (Å²) < 4.78 is 22.0. The lowest BCUT2D eigenvalue weighted by Gasteiger charge is -2.31. The Morgan fingerprint density at radius 2 is 1.86 bits per heavy atom. The Balaban J connectivity index is 1.38. The maximum absolute atomic E-state index is 14.6. The van der Waals surface area contributed by atoms with Crippen LogP contribution in [0.2, 0.25) is 0 Å². The maximum atomic E-state index is 14.6. The van der Waals surface area contributed by atoms with Gasteiger partial charge in [0, 0.05) is 29.2 Å². The molecular weight excluding hydrogens is 461 g/mol. The van der Waals surface area contributed by atoms with Crippen LogP contribution in [0, 0.1) is 17.1 Å². The van der Waals surface area contributed by atoms with Gasteiger partial charge in [0.05, 0.1) is 17.0 Å². The number of aromatic nitrogens is 4. The Labute approximate surface area is 205 Å². The zero-order chi connectivity index (χ0) is 23.8. The third-order valence-electron chi connectivity index (χ3n) is 6.45. The molecule has 8 heteroatoms. The van der Waals surface area contributed by atoms with Gasteiger partial charge in [0.2, 0.25) is 0 Å². The zero-order valence-electron chi connectivity index (χ0n) is 18.7. The number of benzene rings is 2. The molecule has 3 aromatic heterocycles. The highest BCUT2D eigenvalue weighted by Gasteiger charge is 2.35. The molecule has 1 fully saturated rings. The number of hydrogen-bond donors (Lipinski definition) is 0. The summed E-state index contributed by atoms with van der Waals surface area (Å²) in [5, 5.41) is 19.6. The van der Waals surface area contributed by atoms with Crippen molar-refractivity contribution in [3.63, 3.8) is 0 Å². The van der Waals surface area contributed by atoms with Gasteiger partial charge in [-0.1, -0.05) is 17.8 Å². The molecule has 0 saturated carbocycles. The van der Waals surface area contributed by atoms with Crippen LogP contribution in [-0.4, -0.2) is 32.8 Å². The Morgan fingerprint density at radius 3 is 2.66 bits per heavy atom. The van der Waals surface area contributed by atoms with Crippen molar-refractivity contribution in [3.05, 3.63) is 84.3 Å². The van der Waals surface area contributed by atoms with E-state index in [-0.39, 0.29) is 5.82 Å². The number of nitrogens with zero attached hydrogens (tertiary/aromatic N) is 5. The molecule has 4 heterocycles. The number of rotatable bonds is 4. The predicted molar refractivity (Wildman–Crippen MR) is 132 cm³/mol. The Morgan fingerprint density at radius 1 is 0.971 bits per heavy atom. The molecule has 0 N–H and O–H groups in total. The first-order valence-corrected chi connectivity index (χ1v) is 12.1. The zero-order valence-corrected chi connectivity index (χ0v) is 19.5. The summed E-state index contributed by atoms with van der Waals surface area (Å²) in [7, 11) is 0. The van der Waals surface area contributed by atoms with Gasteiger partial charge in [-0.15, -0.1) is 10.2 Å². The van der Waals surface area contributed by atoms with E-state index in [4.69, 9.17) is 4.74 Å². The van der Waals surface area contributed by atoms with Crippen LogP contribution in [0.4, 0.5) is 4.39 Å². The molecule has 0 spiro atoms. The molecule has 0 aliphatic carbocycles. The second-order valence-corrected chi connectivity index (χ2v) is 9.72. The summed E-state index contributed by atoms with van der Waals surface area (Å²) in [6, 6.07) is 23.1. The van der Waals surface area contributed by atoms with Crippen molar-refractivity contribution in [3.8, 4) is 17.6 Å². The molecule has 6 nitrogen and oxygen atoms in total. The fourth-order valence-corrected chi connectivity index (χ4v) is 5.57. The van der Waals surface area contributed by atoms with Gasteiger partial charge in [-0.05, 0) is 84.5 Å². The van der Waals surface area contributed by atoms with E-state index >= 15 is 0 Å². The van der Waals surface area contributed by atoms with E-state index in [1.54, 1.807) is 6.20 Å². The largest absolute Gasteiger partial charge is 0.381 e. The normalized spacial score (nSPS) is 15.3. The van der Waals surface area contributed by atoms with Gasteiger partial charge in [-0.3, -0.25) is 9.38 Å². The molecule has 0 unspecified atom stereocenters. The Bertz CT molecular complexity index is 1590. The first-order chi connectivity index (χ1) is 17.1. The number of halogens is 1. The van der Waals surface area contributed by atoms with Crippen LogP contribution in [-0.2, 0) is 10.2 Å². The van der Waals surface area contributed by atoms with Gasteiger partial charge >= 0.3 is 0 Å². The molecular formula is C27H20FN5OS. The number of hydrogen-bond acceptors (Lipinski definition) is 6. The minimum absolute atomic E-state index is 0.335. The molecule has 5 aromatic rings. The first-order valence-electron chi connectivity index (χ1n) is 11.3. The van der Waals surface area contributed by atoms with Gasteiger partial charge in [0.25, 0.3) is 0 Å². The SMILES string of the molecule is N#CC1(c2cc(F)cc(Sc3ccc4c(ccc5nnc(-c6ccccn6)n54)c3)c2)CCOCC1. The molecule has 172 valence electrons. The molecule has 0 amide bonds. The van der Waals surface area contributed by atoms with Crippen molar-refractivity contribution in [2.75, 3.05) is 13.2 Å². The highest BCUT2D eigenvalue weighted by molar-refractivity contribution is 7.99. The fraction of sp³-hybridized carbons (Fsp3) is 0.185. The molecule has 1 aliphatic rings. The first kappa shape index (κ1) is 21.7. The Hall–Kier alpha value is -3.80. The third-order valence-corrected chi connectivity index (χ3v) is 7.41. The number of ether oxygens (including phenoxy) is 1. The van der Waals surface area contributed by atoms with E-state index in [9.17, 15) is 9.65 Å². The van der Waals surface area contributed by atoms with Gasteiger partial charge in [0.15, 0.2) is 11.5 Å². The van der Waals surface area contributed by atoms with Crippen LogP contribution in [0.1, 0.15) is 18.4 Å². The summed E-state index contributed by atoms with van der Waals surface area (Å²) in [5.41, 5.74) is 2.46. The van der Waals surface area contributed by atoms with Gasteiger partial charge in [0.1, 0.15) is 11.5 Å². The van der Waals surface area contributed by atoms with Crippen molar-refractivity contribution in [2.45, 2.75) is 28.0 Å². The van der Waals surface area contributed by atoms with E-state index in [0.717, 1.165) is 37.6 Å². The summed E-state index contributed by atoms with van der Waals surface area (Å²) >= 11 is 1.48. The van der Waals surface area contributed by atoms with Crippen LogP contribution in [0.3, 0.4) is 0 Å². The molecule has 0 radical (unpaired) electrons. The van der Waals surface area contributed by atoms with Crippen molar-refractivity contribution in [1.82, 2.24) is 19.6 Å². The maximum Gasteiger partial charge on any atom is 0.187 e. The van der Waals surface area contributed by atoms with Crippen molar-refractivity contribution in [2.24, 2.45) is 0 Å². The van der Waals surface area contributed by atoms with Crippen LogP contribution < -0.4 is 0 Å². The quantitative estimate of drug-likeness (QED) is 0.323. The number of nitriles is 1. The predicted octanol–water partition coefficient (Wildman–Crippen LogP) is 5.81. The second-order valence-electron chi connectivity index (χ2n) is 8.57. The van der Waals surface area contributed by atoms with Gasteiger partial charge in [-0.2, -0.15) is 5.26 Å². The molecule has 6 rings (SSSR count). The minimum Gasteiger partial charge on any atom is -0.381 e. The lowest BCUT2D eigenvalue weighted by atomic mass is 9.75. The highest BCUT2D eigenvalue weighted by Crippen LogP contribution is 2.38. The van der Waals surface area contributed by atoms with Crippen molar-refractivity contribution < 1.29 is 9.13 Å². The molecule has 2 aromatic carbocycles. The molecule has 35 heavy (non-hydrogen) atoms. The summed E-state index contributed by atoms with van der Waals surface area (Å²) in [6.07, 6.45) is 2.88. The van der Waals surface area contributed by atoms with Crippen LogP contribution >= 0.6 is 11.8 Å². The topological polar surface area (TPSA) is 76.1 Å². The highest BCUT2D eigenvalue weighted by atomic mass is 32.2. The van der Waals surface area contributed by atoms with Gasteiger partial charge < -0.3 is 4.74 Å². The second kappa shape index (κ2) is 8.77. The lowest BCUT2D eigenvalue weighted by molar-refractivity contribution is 0.0674. The minimum atomic E-state index is -0.707. The lowest BCUT2D eigenvalue weighted by Crippen LogP contribution is -2.32. The van der Waals surface area contributed by atoms with E-state index in [1.165, 1.54) is 23.9 Å². The van der Waals surface area contributed by atoms with Crippen LogP contribution in [0.15, 0.2) is 82.7 Å². The monoisotopic (exact) mass is 481 g/mol. The van der Waals surface area contributed by atoms with E-state index < -0.39 is 5.41 Å². The molecule has 0 bridgehead atoms. The van der Waals surface area contributed by atoms with E-state index in [2.05, 4.69) is 27.3 Å². The van der Waals surface area contributed by atoms with Crippen LogP contribution in [0.25, 0.3) is 28.1 Å². The summed E-state index contributed by atoms with van der Waals surface area (Å²) in [5.74, 6) is 0.345. The Kier molecular flexibility index (Phi) is 5.44. The average molecular weight is 482 g/mol. The fourth-order valence-electron chi connectivity index (χ4n) is 4.62. The van der Waals surface area contributed by atoms with E-state index in [0.29, 0.717) is 31.9 Å². The standard InChI is InChI=1S/C27H20FN5OS/c28-20-14-19(27(17-29)8-11-34-12-9-27)15-22(16-20)35-21-5-6-24-18(13-21)4-7-25-31-32-26(33(24)25)23-3-1-2-10-30-23/h1-7,10,13-16H,8-9,11-12H2. The third kappa shape index (κ3) is 3.93. The molecule has 0 atom stereocenters. The van der Waals surface area contributed by atoms with Crippen molar-refractivity contribution >= 4 is 28.3 Å². The molecule has 1 saturated heterocycles. The average Bonchev–Trinajstić information content (AvgIpc) is 3.34. The van der Waals surface area contributed by atoms with Crippen molar-refractivity contribution in [1.29, 1.82) is 5.26 Å². The number of pyridine rings is 2. The summed E-state index contributed by atoms with van der Waals surface area (Å²) in [6.45, 7) is 1.02.